The summed E-state index contributed by atoms with van der Waals surface area (Å²) in [6, 6.07) is 15.8. The molecule has 136 valence electrons. The Hall–Kier alpha value is -2.82. The number of carbonyl (C=O) groups is 1. The van der Waals surface area contributed by atoms with Crippen LogP contribution in [-0.4, -0.2) is 27.0 Å². The van der Waals surface area contributed by atoms with Crippen LogP contribution in [0.5, 0.6) is 0 Å². The molecule has 0 radical (unpaired) electrons. The number of hydrogen-bond donors (Lipinski definition) is 0. The second kappa shape index (κ2) is 7.60. The number of likely N-dealkylation sites (N-methyl/N-ethyl adjacent to an activating group) is 1. The fourth-order valence-corrected chi connectivity index (χ4v) is 3.18. The van der Waals surface area contributed by atoms with Gasteiger partial charge in [-0.1, -0.05) is 48.9 Å². The summed E-state index contributed by atoms with van der Waals surface area (Å²) in [5, 5.41) is 0. The van der Waals surface area contributed by atoms with Crippen LogP contribution in [0.25, 0.3) is 11.0 Å². The summed E-state index contributed by atoms with van der Waals surface area (Å²) in [5.41, 5.74) is 3.84. The Morgan fingerprint density at radius 1 is 1.00 bits per heavy atom. The SMILES string of the molecule is CCCn1c(=O)n(CC(=O)N(C)Cc2ccc(C)cc2)c2ccccc21. The molecule has 1 amide bonds. The Kier molecular flexibility index (Phi) is 5.26. The molecule has 2 aromatic carbocycles. The van der Waals surface area contributed by atoms with Gasteiger partial charge in [0.05, 0.1) is 11.0 Å². The predicted molar refractivity (Wildman–Crippen MR) is 104 cm³/mol. The number of aryl methyl sites for hydroxylation is 2. The summed E-state index contributed by atoms with van der Waals surface area (Å²) in [4.78, 5) is 27.2. The number of carbonyl (C=O) groups excluding carboxylic acids is 1. The van der Waals surface area contributed by atoms with Crippen LogP contribution in [0.4, 0.5) is 0 Å². The van der Waals surface area contributed by atoms with E-state index < -0.39 is 0 Å². The van der Waals surface area contributed by atoms with Gasteiger partial charge >= 0.3 is 5.69 Å². The van der Waals surface area contributed by atoms with Crippen LogP contribution >= 0.6 is 0 Å². The molecule has 1 aromatic heterocycles. The van der Waals surface area contributed by atoms with Crippen molar-refractivity contribution in [2.45, 2.75) is 39.9 Å². The van der Waals surface area contributed by atoms with Crippen molar-refractivity contribution in [2.24, 2.45) is 0 Å². The number of fused-ring (bicyclic) bond motifs is 1. The van der Waals surface area contributed by atoms with Crippen LogP contribution in [0.2, 0.25) is 0 Å². The number of benzene rings is 2. The van der Waals surface area contributed by atoms with E-state index in [9.17, 15) is 9.59 Å². The molecule has 26 heavy (non-hydrogen) atoms. The Bertz CT molecular complexity index is 967. The summed E-state index contributed by atoms with van der Waals surface area (Å²) in [5.74, 6) is -0.0768. The minimum absolute atomic E-state index is 0.0540. The average Bonchev–Trinajstić information content (AvgIpc) is 2.90. The van der Waals surface area contributed by atoms with E-state index in [1.54, 1.807) is 21.1 Å². The third kappa shape index (κ3) is 3.57. The molecule has 0 unspecified atom stereocenters. The molecule has 0 saturated heterocycles. The molecular formula is C21H25N3O2. The maximum Gasteiger partial charge on any atom is 0.329 e. The van der Waals surface area contributed by atoms with Crippen LogP contribution in [-0.2, 0) is 24.4 Å². The molecule has 0 aliphatic rings. The van der Waals surface area contributed by atoms with Crippen LogP contribution in [0.1, 0.15) is 24.5 Å². The summed E-state index contributed by atoms with van der Waals surface area (Å²) in [6.45, 7) is 5.32. The molecule has 5 heteroatoms. The van der Waals surface area contributed by atoms with Crippen molar-refractivity contribution < 1.29 is 4.79 Å². The van der Waals surface area contributed by atoms with E-state index in [0.717, 1.165) is 23.0 Å². The van der Waals surface area contributed by atoms with E-state index in [-0.39, 0.29) is 18.1 Å². The van der Waals surface area contributed by atoms with Crippen molar-refractivity contribution in [3.63, 3.8) is 0 Å². The van der Waals surface area contributed by atoms with Gasteiger partial charge in [0.15, 0.2) is 0 Å². The zero-order valence-electron chi connectivity index (χ0n) is 15.6. The Morgan fingerprint density at radius 2 is 1.62 bits per heavy atom. The number of para-hydroxylation sites is 2. The zero-order chi connectivity index (χ0) is 18.7. The first kappa shape index (κ1) is 18.0. The van der Waals surface area contributed by atoms with Crippen LogP contribution in [0, 0.1) is 6.92 Å². The van der Waals surface area contributed by atoms with E-state index in [2.05, 4.69) is 0 Å². The minimum Gasteiger partial charge on any atom is -0.340 e. The molecule has 0 fully saturated rings. The fourth-order valence-electron chi connectivity index (χ4n) is 3.18. The van der Waals surface area contributed by atoms with Gasteiger partial charge in [0, 0.05) is 20.1 Å². The molecule has 0 atom stereocenters. The highest BCUT2D eigenvalue weighted by Gasteiger charge is 2.17. The summed E-state index contributed by atoms with van der Waals surface area (Å²) < 4.78 is 3.33. The third-order valence-corrected chi connectivity index (χ3v) is 4.63. The third-order valence-electron chi connectivity index (χ3n) is 4.63. The lowest BCUT2D eigenvalue weighted by atomic mass is 10.1. The number of amides is 1. The molecule has 0 aliphatic heterocycles. The fraction of sp³-hybridized carbons (Fsp3) is 0.333. The Balaban J connectivity index is 1.84. The number of imidazole rings is 1. The highest BCUT2D eigenvalue weighted by molar-refractivity contribution is 5.80. The molecule has 0 aliphatic carbocycles. The van der Waals surface area contributed by atoms with Crippen molar-refractivity contribution >= 4 is 16.9 Å². The minimum atomic E-state index is -0.120. The van der Waals surface area contributed by atoms with Gasteiger partial charge in [-0.3, -0.25) is 13.9 Å². The Labute approximate surface area is 153 Å². The first-order valence-electron chi connectivity index (χ1n) is 8.99. The molecule has 0 bridgehead atoms. The smallest absolute Gasteiger partial charge is 0.329 e. The lowest BCUT2D eigenvalue weighted by molar-refractivity contribution is -0.131. The summed E-state index contributed by atoms with van der Waals surface area (Å²) in [7, 11) is 1.78. The van der Waals surface area contributed by atoms with Gasteiger partial charge < -0.3 is 4.90 Å². The van der Waals surface area contributed by atoms with E-state index in [4.69, 9.17) is 0 Å². The average molecular weight is 351 g/mol. The van der Waals surface area contributed by atoms with E-state index in [1.807, 2.05) is 62.4 Å². The molecule has 3 aromatic rings. The van der Waals surface area contributed by atoms with Gasteiger partial charge in [-0.25, -0.2) is 4.79 Å². The van der Waals surface area contributed by atoms with Crippen molar-refractivity contribution in [3.8, 4) is 0 Å². The largest absolute Gasteiger partial charge is 0.340 e. The van der Waals surface area contributed by atoms with Gasteiger partial charge in [-0.15, -0.1) is 0 Å². The lowest BCUT2D eigenvalue weighted by Crippen LogP contribution is -2.34. The molecule has 3 rings (SSSR count). The van der Waals surface area contributed by atoms with Crippen molar-refractivity contribution in [3.05, 3.63) is 70.1 Å². The standard InChI is InChI=1S/C21H25N3O2/c1-4-13-23-18-7-5-6-8-19(18)24(21(23)26)15-20(25)22(3)14-17-11-9-16(2)10-12-17/h5-12H,4,13-15H2,1-3H3. The van der Waals surface area contributed by atoms with Crippen LogP contribution in [0.3, 0.4) is 0 Å². The first-order chi connectivity index (χ1) is 12.5. The summed E-state index contributed by atoms with van der Waals surface area (Å²) in [6.07, 6.45) is 0.870. The lowest BCUT2D eigenvalue weighted by Gasteiger charge is -2.17. The molecular weight excluding hydrogens is 326 g/mol. The van der Waals surface area contributed by atoms with E-state index in [0.29, 0.717) is 13.1 Å². The van der Waals surface area contributed by atoms with Crippen LogP contribution < -0.4 is 5.69 Å². The number of rotatable bonds is 6. The number of hydrogen-bond acceptors (Lipinski definition) is 2. The molecule has 5 nitrogen and oxygen atoms in total. The number of aromatic nitrogens is 2. The summed E-state index contributed by atoms with van der Waals surface area (Å²) >= 11 is 0. The first-order valence-corrected chi connectivity index (χ1v) is 8.99. The second-order valence-corrected chi connectivity index (χ2v) is 6.74. The van der Waals surface area contributed by atoms with Crippen molar-refractivity contribution in [1.82, 2.24) is 14.0 Å². The quantitative estimate of drug-likeness (QED) is 0.685. The zero-order valence-corrected chi connectivity index (χ0v) is 15.6. The Morgan fingerprint density at radius 3 is 2.23 bits per heavy atom. The van der Waals surface area contributed by atoms with Gasteiger partial charge in [0.25, 0.3) is 0 Å². The maximum atomic E-state index is 12.8. The molecule has 0 N–H and O–H groups in total. The van der Waals surface area contributed by atoms with Gasteiger partial charge in [-0.05, 0) is 31.0 Å². The highest BCUT2D eigenvalue weighted by atomic mass is 16.2. The monoisotopic (exact) mass is 351 g/mol. The van der Waals surface area contributed by atoms with E-state index in [1.165, 1.54) is 5.56 Å². The van der Waals surface area contributed by atoms with Gasteiger partial charge in [0.2, 0.25) is 5.91 Å². The normalized spacial score (nSPS) is 11.0. The molecule has 1 heterocycles. The topological polar surface area (TPSA) is 47.2 Å². The van der Waals surface area contributed by atoms with Gasteiger partial charge in [0.1, 0.15) is 6.54 Å². The van der Waals surface area contributed by atoms with E-state index >= 15 is 0 Å². The van der Waals surface area contributed by atoms with Crippen molar-refractivity contribution in [1.29, 1.82) is 0 Å². The second-order valence-electron chi connectivity index (χ2n) is 6.74. The maximum absolute atomic E-state index is 12.8. The molecule has 0 saturated carbocycles. The van der Waals surface area contributed by atoms with Crippen LogP contribution in [0.15, 0.2) is 53.3 Å². The number of nitrogens with zero attached hydrogens (tertiary/aromatic N) is 3. The van der Waals surface area contributed by atoms with Crippen molar-refractivity contribution in [2.75, 3.05) is 7.05 Å². The highest BCUT2D eigenvalue weighted by Crippen LogP contribution is 2.14. The molecule has 0 spiro atoms. The predicted octanol–water partition coefficient (Wildman–Crippen LogP) is 3.18. The van der Waals surface area contributed by atoms with Gasteiger partial charge in [-0.2, -0.15) is 0 Å².